The van der Waals surface area contributed by atoms with E-state index in [1.807, 2.05) is 44.2 Å². The summed E-state index contributed by atoms with van der Waals surface area (Å²) in [7, 11) is -2.71. The van der Waals surface area contributed by atoms with E-state index in [0.29, 0.717) is 12.5 Å². The van der Waals surface area contributed by atoms with Crippen molar-refractivity contribution in [2.24, 2.45) is 0 Å². The van der Waals surface area contributed by atoms with Crippen LogP contribution in [0.4, 0.5) is 0 Å². The van der Waals surface area contributed by atoms with Crippen LogP contribution in [0.25, 0.3) is 0 Å². The average molecular weight is 431 g/mol. The average Bonchev–Trinajstić information content (AvgIpc) is 2.73. The summed E-state index contributed by atoms with van der Waals surface area (Å²) in [5, 5.41) is 9.69. The van der Waals surface area contributed by atoms with Gasteiger partial charge in [0.2, 0.25) is 11.2 Å². The maximum atomic E-state index is 9.50. The van der Waals surface area contributed by atoms with Crippen LogP contribution < -0.4 is 9.47 Å². The fraction of sp³-hybridized carbons (Fsp3) is 0.227. The van der Waals surface area contributed by atoms with Crippen molar-refractivity contribution in [1.29, 1.82) is 5.26 Å². The van der Waals surface area contributed by atoms with Crippen molar-refractivity contribution in [2.45, 2.75) is 25.9 Å². The molecule has 0 amide bonds. The summed E-state index contributed by atoms with van der Waals surface area (Å²) >= 11 is 12.0. The highest BCUT2D eigenvalue weighted by Crippen LogP contribution is 2.38. The van der Waals surface area contributed by atoms with Gasteiger partial charge in [-0.3, -0.25) is 0 Å². The molecule has 2 aromatic carbocycles. The van der Waals surface area contributed by atoms with Gasteiger partial charge in [0.05, 0.1) is 21.7 Å². The van der Waals surface area contributed by atoms with E-state index in [1.54, 1.807) is 18.2 Å². The van der Waals surface area contributed by atoms with E-state index in [9.17, 15) is 5.26 Å². The van der Waals surface area contributed by atoms with Crippen molar-refractivity contribution in [3.05, 3.63) is 81.2 Å². The number of nitrogens with zero attached hydrogens (tertiary/aromatic N) is 3. The first kappa shape index (κ1) is 17.1. The highest BCUT2D eigenvalue weighted by Gasteiger charge is 2.25. The Morgan fingerprint density at radius 2 is 1.90 bits per heavy atom. The third kappa shape index (κ3) is 4.61. The molecule has 1 heterocycles. The number of nitriles is 1. The highest BCUT2D eigenvalue weighted by atomic mass is 35.5. The van der Waals surface area contributed by atoms with Gasteiger partial charge in [-0.15, -0.1) is 0 Å². The van der Waals surface area contributed by atoms with Gasteiger partial charge in [-0.1, -0.05) is 49.7 Å². The minimum absolute atomic E-state index is 0.0604. The summed E-state index contributed by atoms with van der Waals surface area (Å²) in [5.74, 6) is 0.235. The number of halogens is 2. The number of rotatable bonds is 6. The zero-order valence-corrected chi connectivity index (χ0v) is 17.3. The largest absolute Gasteiger partial charge is 0.494 e. The van der Waals surface area contributed by atoms with E-state index in [0.717, 1.165) is 16.7 Å². The first-order valence-electron chi connectivity index (χ1n) is 10.1. The Balaban J connectivity index is 1.83. The van der Waals surface area contributed by atoms with Crippen molar-refractivity contribution >= 4 is 23.2 Å². The predicted molar refractivity (Wildman–Crippen MR) is 113 cm³/mol. The molecule has 0 atom stereocenters. The molecule has 0 N–H and O–H groups in total. The number of aromatic nitrogens is 2. The van der Waals surface area contributed by atoms with Gasteiger partial charge in [-0.2, -0.15) is 10.2 Å². The monoisotopic (exact) mass is 430 g/mol. The van der Waals surface area contributed by atoms with Gasteiger partial charge in [-0.25, -0.2) is 4.98 Å². The van der Waals surface area contributed by atoms with Crippen LogP contribution in [0.3, 0.4) is 0 Å². The third-order valence-electron chi connectivity index (χ3n) is 4.65. The molecular weight excluding hydrogens is 409 g/mol. The number of ether oxygens (including phenoxy) is 2. The second-order valence-electron chi connectivity index (χ2n) is 6.82. The molecule has 0 aliphatic rings. The minimum Gasteiger partial charge on any atom is -0.494 e. The Morgan fingerprint density at radius 1 is 1.14 bits per heavy atom. The summed E-state index contributed by atoms with van der Waals surface area (Å²) in [6.07, 6.45) is 1.52. The van der Waals surface area contributed by atoms with E-state index >= 15 is 0 Å². The van der Waals surface area contributed by atoms with E-state index in [4.69, 9.17) is 36.8 Å². The summed E-state index contributed by atoms with van der Waals surface area (Å²) in [5.41, 5.74) is 2.18. The number of hydrogen-bond donors (Lipinski definition) is 0. The van der Waals surface area contributed by atoms with E-state index in [2.05, 4.69) is 9.97 Å². The molecule has 148 valence electrons. The first-order valence-corrected chi connectivity index (χ1v) is 9.39. The maximum Gasteiger partial charge on any atom is 0.225 e. The Bertz CT molecular complexity index is 1160. The van der Waals surface area contributed by atoms with Gasteiger partial charge in [0.15, 0.2) is 5.75 Å². The summed E-state index contributed by atoms with van der Waals surface area (Å²) < 4.78 is 32.4. The zero-order chi connectivity index (χ0) is 23.5. The zero-order valence-electron chi connectivity index (χ0n) is 18.7. The number of methoxy groups -OCH3 is 1. The van der Waals surface area contributed by atoms with Gasteiger partial charge in [0.1, 0.15) is 12.7 Å². The van der Waals surface area contributed by atoms with Crippen LogP contribution in [0, 0.1) is 11.3 Å². The molecule has 0 bridgehead atoms. The molecule has 3 rings (SSSR count). The molecule has 0 radical (unpaired) electrons. The van der Waals surface area contributed by atoms with Crippen molar-refractivity contribution in [2.75, 3.05) is 7.04 Å². The van der Waals surface area contributed by atoms with Crippen LogP contribution in [-0.2, 0) is 12.0 Å². The normalized spacial score (nSPS) is 13.0. The first-order chi connectivity index (χ1) is 15.0. The second-order valence-corrected chi connectivity index (χ2v) is 7.57. The molecule has 0 aliphatic carbocycles. The highest BCUT2D eigenvalue weighted by molar-refractivity contribution is 6.32. The van der Waals surface area contributed by atoms with Crippen LogP contribution in [-0.4, -0.2) is 17.0 Å². The van der Waals surface area contributed by atoms with Crippen LogP contribution in [0.15, 0.2) is 48.7 Å². The van der Waals surface area contributed by atoms with Crippen molar-refractivity contribution < 1.29 is 13.6 Å². The smallest absolute Gasteiger partial charge is 0.225 e. The number of hydrogen-bond acceptors (Lipinski definition) is 5. The molecule has 0 saturated carbocycles. The fourth-order valence-corrected chi connectivity index (χ4v) is 3.28. The molecule has 29 heavy (non-hydrogen) atoms. The molecule has 0 aliphatic heterocycles. The SMILES string of the molecule is [2H]C([2H])([2H])Oc1c(Cl)cc(C(C)(C)c2ccc(COc3ccnc(Cl)n3)cc2)cc1C#N. The lowest BCUT2D eigenvalue weighted by atomic mass is 9.77. The van der Waals surface area contributed by atoms with Crippen molar-refractivity contribution in [1.82, 2.24) is 9.97 Å². The summed E-state index contributed by atoms with van der Waals surface area (Å²) in [6.45, 7) is 4.27. The van der Waals surface area contributed by atoms with Crippen molar-refractivity contribution in [3.8, 4) is 17.7 Å². The minimum atomic E-state index is -2.71. The fourth-order valence-electron chi connectivity index (χ4n) is 2.88. The molecule has 0 saturated heterocycles. The lowest BCUT2D eigenvalue weighted by Gasteiger charge is -2.27. The van der Waals surface area contributed by atoms with E-state index < -0.39 is 12.5 Å². The topological polar surface area (TPSA) is 68.0 Å². The van der Waals surface area contributed by atoms with Gasteiger partial charge in [-0.05, 0) is 40.4 Å². The quantitative estimate of drug-likeness (QED) is 0.478. The summed E-state index contributed by atoms with van der Waals surface area (Å²) in [4.78, 5) is 7.80. The van der Waals surface area contributed by atoms with Crippen molar-refractivity contribution in [3.63, 3.8) is 0 Å². The predicted octanol–water partition coefficient (Wildman–Crippen LogP) is 5.57. The van der Waals surface area contributed by atoms with Gasteiger partial charge in [0, 0.05) is 17.7 Å². The maximum absolute atomic E-state index is 9.50. The van der Waals surface area contributed by atoms with Gasteiger partial charge in [0.25, 0.3) is 0 Å². The Morgan fingerprint density at radius 3 is 2.55 bits per heavy atom. The number of benzene rings is 2. The lowest BCUT2D eigenvalue weighted by Crippen LogP contribution is -2.19. The Hall–Kier alpha value is -2.81. The Labute approximate surface area is 184 Å². The molecular formula is C22H19Cl2N3O2. The third-order valence-corrected chi connectivity index (χ3v) is 5.11. The van der Waals surface area contributed by atoms with Crippen LogP contribution in [0.2, 0.25) is 10.3 Å². The molecule has 3 aromatic rings. The molecule has 0 fully saturated rings. The molecule has 0 spiro atoms. The van der Waals surface area contributed by atoms with Crippen LogP contribution in [0.1, 0.15) is 40.2 Å². The van der Waals surface area contributed by atoms with Crippen LogP contribution >= 0.6 is 23.2 Å². The standard InChI is InChI=1S/C22H19Cl2N3O2/c1-22(2,17-10-15(12-25)20(28-3)18(23)11-17)16-6-4-14(5-7-16)13-29-19-8-9-26-21(24)27-19/h4-11H,13H2,1-3H3/i3D3. The summed E-state index contributed by atoms with van der Waals surface area (Å²) in [6, 6.07) is 14.6. The Kier molecular flexibility index (Phi) is 5.12. The van der Waals surface area contributed by atoms with E-state index in [-0.39, 0.29) is 21.6 Å². The lowest BCUT2D eigenvalue weighted by molar-refractivity contribution is 0.293. The molecule has 5 nitrogen and oxygen atoms in total. The molecule has 7 heteroatoms. The van der Waals surface area contributed by atoms with Gasteiger partial charge < -0.3 is 9.47 Å². The van der Waals surface area contributed by atoms with Gasteiger partial charge >= 0.3 is 0 Å². The molecule has 0 unspecified atom stereocenters. The molecule has 1 aromatic heterocycles. The van der Waals surface area contributed by atoms with Crippen LogP contribution in [0.5, 0.6) is 11.6 Å². The van der Waals surface area contributed by atoms with E-state index in [1.165, 1.54) is 6.20 Å². The second kappa shape index (κ2) is 8.69.